The van der Waals surface area contributed by atoms with Crippen molar-refractivity contribution in [1.29, 1.82) is 0 Å². The van der Waals surface area contributed by atoms with E-state index in [9.17, 15) is 9.18 Å². The third-order valence-corrected chi connectivity index (χ3v) is 2.51. The second kappa shape index (κ2) is 6.16. The van der Waals surface area contributed by atoms with Crippen molar-refractivity contribution in [3.63, 3.8) is 0 Å². The SMILES string of the molecule is O=C(O)/C=C/c1cccc(F)c1Oc1cncc(Cl)c1. The van der Waals surface area contributed by atoms with E-state index in [0.717, 1.165) is 6.08 Å². The molecule has 0 bridgehead atoms. The summed E-state index contributed by atoms with van der Waals surface area (Å²) >= 11 is 5.77. The number of carbonyl (C=O) groups is 1. The zero-order valence-electron chi connectivity index (χ0n) is 10.1. The van der Waals surface area contributed by atoms with Crippen LogP contribution in [0.5, 0.6) is 11.5 Å². The number of ether oxygens (including phenoxy) is 1. The van der Waals surface area contributed by atoms with Crippen molar-refractivity contribution in [3.05, 3.63) is 59.1 Å². The molecule has 0 saturated heterocycles. The van der Waals surface area contributed by atoms with Gasteiger partial charge in [0.15, 0.2) is 11.6 Å². The molecule has 0 aliphatic rings. The number of aromatic nitrogens is 1. The molecular formula is C14H9ClFNO3. The van der Waals surface area contributed by atoms with E-state index < -0.39 is 11.8 Å². The molecule has 0 saturated carbocycles. The Balaban J connectivity index is 2.37. The van der Waals surface area contributed by atoms with Crippen molar-refractivity contribution >= 4 is 23.6 Å². The Morgan fingerprint density at radius 2 is 2.20 bits per heavy atom. The Morgan fingerprint density at radius 1 is 1.40 bits per heavy atom. The van der Waals surface area contributed by atoms with Gasteiger partial charge in [0.2, 0.25) is 0 Å². The number of hydrogen-bond acceptors (Lipinski definition) is 3. The minimum Gasteiger partial charge on any atom is -0.478 e. The summed E-state index contributed by atoms with van der Waals surface area (Å²) in [6.07, 6.45) is 4.95. The van der Waals surface area contributed by atoms with Crippen molar-refractivity contribution in [3.8, 4) is 11.5 Å². The minimum absolute atomic E-state index is 0.0888. The van der Waals surface area contributed by atoms with Crippen LogP contribution in [0.4, 0.5) is 4.39 Å². The Morgan fingerprint density at radius 3 is 2.90 bits per heavy atom. The molecule has 0 amide bonds. The lowest BCUT2D eigenvalue weighted by Gasteiger charge is -2.09. The molecule has 2 rings (SSSR count). The highest BCUT2D eigenvalue weighted by molar-refractivity contribution is 6.30. The van der Waals surface area contributed by atoms with Crippen molar-refractivity contribution in [2.75, 3.05) is 0 Å². The average molecular weight is 294 g/mol. The Bertz CT molecular complexity index is 673. The Kier molecular flexibility index (Phi) is 4.32. The van der Waals surface area contributed by atoms with Gasteiger partial charge in [-0.05, 0) is 12.1 Å². The largest absolute Gasteiger partial charge is 0.478 e. The van der Waals surface area contributed by atoms with Crippen LogP contribution in [-0.4, -0.2) is 16.1 Å². The lowest BCUT2D eigenvalue weighted by Crippen LogP contribution is -1.93. The normalized spacial score (nSPS) is 10.7. The third kappa shape index (κ3) is 3.55. The molecule has 0 fully saturated rings. The van der Waals surface area contributed by atoms with E-state index in [1.54, 1.807) is 0 Å². The van der Waals surface area contributed by atoms with Crippen molar-refractivity contribution in [1.82, 2.24) is 4.98 Å². The molecule has 102 valence electrons. The van der Waals surface area contributed by atoms with Gasteiger partial charge in [-0.1, -0.05) is 23.7 Å². The minimum atomic E-state index is -1.13. The Labute approximate surface area is 119 Å². The first kappa shape index (κ1) is 14.0. The van der Waals surface area contributed by atoms with Crippen LogP contribution >= 0.6 is 11.6 Å². The van der Waals surface area contributed by atoms with Crippen molar-refractivity contribution < 1.29 is 19.0 Å². The highest BCUT2D eigenvalue weighted by Gasteiger charge is 2.10. The zero-order chi connectivity index (χ0) is 14.5. The van der Waals surface area contributed by atoms with E-state index in [4.69, 9.17) is 21.4 Å². The summed E-state index contributed by atoms with van der Waals surface area (Å²) in [5.74, 6) is -1.58. The summed E-state index contributed by atoms with van der Waals surface area (Å²) in [5.41, 5.74) is 0.298. The number of para-hydroxylation sites is 1. The molecular weight excluding hydrogens is 285 g/mol. The lowest BCUT2D eigenvalue weighted by atomic mass is 10.2. The van der Waals surface area contributed by atoms with Crippen LogP contribution in [0.2, 0.25) is 5.02 Å². The fraction of sp³-hybridized carbons (Fsp3) is 0. The van der Waals surface area contributed by atoms with Crippen molar-refractivity contribution in [2.45, 2.75) is 0 Å². The zero-order valence-corrected chi connectivity index (χ0v) is 10.8. The average Bonchev–Trinajstić information content (AvgIpc) is 2.39. The van der Waals surface area contributed by atoms with Crippen LogP contribution in [0.3, 0.4) is 0 Å². The van der Waals surface area contributed by atoms with Gasteiger partial charge in [-0.25, -0.2) is 9.18 Å². The maximum absolute atomic E-state index is 13.8. The van der Waals surface area contributed by atoms with Crippen molar-refractivity contribution in [2.24, 2.45) is 0 Å². The van der Waals surface area contributed by atoms with Gasteiger partial charge >= 0.3 is 5.97 Å². The highest BCUT2D eigenvalue weighted by atomic mass is 35.5. The van der Waals surface area contributed by atoms with Gasteiger partial charge in [-0.2, -0.15) is 0 Å². The summed E-state index contributed by atoms with van der Waals surface area (Å²) in [5, 5.41) is 8.96. The maximum Gasteiger partial charge on any atom is 0.328 e. The standard InChI is InChI=1S/C14H9ClFNO3/c15-10-6-11(8-17-7-10)20-14-9(4-5-13(18)19)2-1-3-12(14)16/h1-8H,(H,18,19)/b5-4+. The molecule has 6 heteroatoms. The predicted octanol–water partition coefficient (Wildman–Crippen LogP) is 3.76. The van der Waals surface area contributed by atoms with Gasteiger partial charge in [0, 0.05) is 23.9 Å². The number of nitrogens with zero attached hydrogens (tertiary/aromatic N) is 1. The molecule has 0 spiro atoms. The summed E-state index contributed by atoms with van der Waals surface area (Å²) in [4.78, 5) is 14.3. The molecule has 1 aromatic heterocycles. The van der Waals surface area contributed by atoms with Gasteiger partial charge in [-0.3, -0.25) is 4.98 Å². The van der Waals surface area contributed by atoms with Gasteiger partial charge in [0.05, 0.1) is 11.2 Å². The number of carboxylic acids is 1. The summed E-state index contributed by atoms with van der Waals surface area (Å²) < 4.78 is 19.2. The molecule has 1 heterocycles. The summed E-state index contributed by atoms with van der Waals surface area (Å²) in [6.45, 7) is 0. The smallest absolute Gasteiger partial charge is 0.328 e. The summed E-state index contributed by atoms with van der Waals surface area (Å²) in [6, 6.07) is 5.69. The van der Waals surface area contributed by atoms with E-state index >= 15 is 0 Å². The van der Waals surface area contributed by atoms with Gasteiger partial charge in [0.25, 0.3) is 0 Å². The first-order valence-electron chi connectivity index (χ1n) is 5.54. The lowest BCUT2D eigenvalue weighted by molar-refractivity contribution is -0.131. The quantitative estimate of drug-likeness (QED) is 0.872. The number of aliphatic carboxylic acids is 1. The van der Waals surface area contributed by atoms with Gasteiger partial charge in [-0.15, -0.1) is 0 Å². The fourth-order valence-electron chi connectivity index (χ4n) is 1.49. The van der Waals surface area contributed by atoms with Crippen LogP contribution in [0, 0.1) is 5.82 Å². The highest BCUT2D eigenvalue weighted by Crippen LogP contribution is 2.30. The second-order valence-corrected chi connectivity index (χ2v) is 4.21. The molecule has 1 aromatic carbocycles. The molecule has 2 aromatic rings. The van der Waals surface area contributed by atoms with Crippen LogP contribution in [0.15, 0.2) is 42.7 Å². The number of rotatable bonds is 4. The number of hydrogen-bond donors (Lipinski definition) is 1. The van der Waals surface area contributed by atoms with Crippen LogP contribution in [0.1, 0.15) is 5.56 Å². The van der Waals surface area contributed by atoms with Gasteiger partial charge in [0.1, 0.15) is 5.75 Å². The van der Waals surface area contributed by atoms with E-state index in [-0.39, 0.29) is 11.5 Å². The monoisotopic (exact) mass is 293 g/mol. The molecule has 0 radical (unpaired) electrons. The van der Waals surface area contributed by atoms with E-state index in [1.165, 1.54) is 42.7 Å². The van der Waals surface area contributed by atoms with Crippen LogP contribution in [-0.2, 0) is 4.79 Å². The first-order chi connectivity index (χ1) is 9.56. The number of benzene rings is 1. The molecule has 20 heavy (non-hydrogen) atoms. The summed E-state index contributed by atoms with van der Waals surface area (Å²) in [7, 11) is 0. The molecule has 0 atom stereocenters. The van der Waals surface area contributed by atoms with Gasteiger partial charge < -0.3 is 9.84 Å². The second-order valence-electron chi connectivity index (χ2n) is 3.77. The first-order valence-corrected chi connectivity index (χ1v) is 5.92. The molecule has 0 aliphatic heterocycles. The molecule has 1 N–H and O–H groups in total. The van der Waals surface area contributed by atoms with Crippen LogP contribution < -0.4 is 4.74 Å². The van der Waals surface area contributed by atoms with Crippen LogP contribution in [0.25, 0.3) is 6.08 Å². The predicted molar refractivity (Wildman–Crippen MR) is 72.4 cm³/mol. The van der Waals surface area contributed by atoms with E-state index in [0.29, 0.717) is 10.6 Å². The maximum atomic E-state index is 13.8. The topological polar surface area (TPSA) is 59.4 Å². The Hall–Kier alpha value is -2.40. The number of pyridine rings is 1. The third-order valence-electron chi connectivity index (χ3n) is 2.30. The molecule has 0 aliphatic carbocycles. The van der Waals surface area contributed by atoms with E-state index in [1.807, 2.05) is 0 Å². The number of halogens is 2. The number of carboxylic acid groups (broad SMARTS) is 1. The fourth-order valence-corrected chi connectivity index (χ4v) is 1.66. The van der Waals surface area contributed by atoms with E-state index in [2.05, 4.69) is 4.98 Å². The molecule has 4 nitrogen and oxygen atoms in total. The molecule has 0 unspecified atom stereocenters.